The number of amides is 1. The van der Waals surface area contributed by atoms with Crippen LogP contribution in [0.3, 0.4) is 0 Å². The summed E-state index contributed by atoms with van der Waals surface area (Å²) in [6, 6.07) is 11.2. The molecule has 21 heavy (non-hydrogen) atoms. The van der Waals surface area contributed by atoms with E-state index in [4.69, 9.17) is 29.6 Å². The molecular formula is C15H12ClFN2OS. The van der Waals surface area contributed by atoms with Gasteiger partial charge in [-0.1, -0.05) is 54.2 Å². The van der Waals surface area contributed by atoms with Crippen LogP contribution in [0.1, 0.15) is 11.1 Å². The Bertz CT molecular complexity index is 668. The van der Waals surface area contributed by atoms with Crippen LogP contribution in [0.2, 0.25) is 5.02 Å². The molecule has 0 aliphatic rings. The molecule has 3 N–H and O–H groups in total. The van der Waals surface area contributed by atoms with Crippen LogP contribution < -0.4 is 11.1 Å². The molecule has 0 spiro atoms. The molecular weight excluding hydrogens is 311 g/mol. The van der Waals surface area contributed by atoms with Gasteiger partial charge in [-0.05, 0) is 17.7 Å². The Kier molecular flexibility index (Phi) is 4.88. The zero-order chi connectivity index (χ0) is 15.4. The fourth-order valence-electron chi connectivity index (χ4n) is 1.77. The second kappa shape index (κ2) is 6.65. The topological polar surface area (TPSA) is 55.1 Å². The molecule has 6 heteroatoms. The summed E-state index contributed by atoms with van der Waals surface area (Å²) in [4.78, 5) is 12.2. The molecule has 0 aliphatic carbocycles. The molecule has 108 valence electrons. The quantitative estimate of drug-likeness (QED) is 0.849. The first kappa shape index (κ1) is 15.4. The summed E-state index contributed by atoms with van der Waals surface area (Å²) in [5.41, 5.74) is 6.98. The first-order valence-corrected chi connectivity index (χ1v) is 6.88. The molecule has 0 aromatic heterocycles. The monoisotopic (exact) mass is 322 g/mol. The highest BCUT2D eigenvalue weighted by atomic mass is 35.5. The predicted molar refractivity (Wildman–Crippen MR) is 86.1 cm³/mol. The molecule has 2 rings (SSSR count). The zero-order valence-electron chi connectivity index (χ0n) is 10.9. The normalized spacial score (nSPS) is 10.2. The summed E-state index contributed by atoms with van der Waals surface area (Å²) in [6.45, 7) is 0. The smallest absolute Gasteiger partial charge is 0.228 e. The van der Waals surface area contributed by atoms with Gasteiger partial charge in [0.2, 0.25) is 5.91 Å². The molecule has 0 saturated carbocycles. The first-order chi connectivity index (χ1) is 9.97. The van der Waals surface area contributed by atoms with E-state index in [1.54, 1.807) is 24.3 Å². The third-order valence-corrected chi connectivity index (χ3v) is 3.38. The molecule has 0 saturated heterocycles. The largest absolute Gasteiger partial charge is 0.389 e. The van der Waals surface area contributed by atoms with E-state index in [2.05, 4.69) is 5.32 Å². The average Bonchev–Trinajstić information content (AvgIpc) is 2.43. The number of carbonyl (C=O) groups excluding carboxylic acids is 1. The van der Waals surface area contributed by atoms with Crippen molar-refractivity contribution in [1.82, 2.24) is 0 Å². The van der Waals surface area contributed by atoms with Crippen molar-refractivity contribution in [3.05, 3.63) is 64.4 Å². The van der Waals surface area contributed by atoms with E-state index >= 15 is 0 Å². The molecule has 0 unspecified atom stereocenters. The fraction of sp³-hybridized carbons (Fsp3) is 0.0667. The second-order valence-electron chi connectivity index (χ2n) is 4.38. The summed E-state index contributed by atoms with van der Waals surface area (Å²) >= 11 is 10.7. The maximum absolute atomic E-state index is 13.6. The lowest BCUT2D eigenvalue weighted by molar-refractivity contribution is -0.115. The Morgan fingerprint density at radius 1 is 1.24 bits per heavy atom. The van der Waals surface area contributed by atoms with Gasteiger partial charge in [0.1, 0.15) is 10.8 Å². The van der Waals surface area contributed by atoms with E-state index < -0.39 is 5.82 Å². The van der Waals surface area contributed by atoms with Crippen LogP contribution in [0.4, 0.5) is 10.1 Å². The highest BCUT2D eigenvalue weighted by Gasteiger charge is 2.11. The highest BCUT2D eigenvalue weighted by Crippen LogP contribution is 2.24. The van der Waals surface area contributed by atoms with Crippen LogP contribution in [0.5, 0.6) is 0 Å². The number of nitrogens with one attached hydrogen (secondary N) is 1. The van der Waals surface area contributed by atoms with Gasteiger partial charge in [0.25, 0.3) is 0 Å². The SMILES string of the molecule is NC(=S)c1ccc(CC(=O)Nc2c(F)cccc2Cl)cc1. The third kappa shape index (κ3) is 4.00. The molecule has 0 radical (unpaired) electrons. The van der Waals surface area contributed by atoms with Gasteiger partial charge in [-0.2, -0.15) is 0 Å². The van der Waals surface area contributed by atoms with Gasteiger partial charge in [0, 0.05) is 5.56 Å². The summed E-state index contributed by atoms with van der Waals surface area (Å²) in [5, 5.41) is 2.63. The van der Waals surface area contributed by atoms with Crippen LogP contribution in [0.15, 0.2) is 42.5 Å². The number of benzene rings is 2. The average molecular weight is 323 g/mol. The lowest BCUT2D eigenvalue weighted by Crippen LogP contribution is -2.16. The van der Waals surface area contributed by atoms with Crippen LogP contribution in [0.25, 0.3) is 0 Å². The van der Waals surface area contributed by atoms with Crippen molar-refractivity contribution >= 4 is 40.4 Å². The molecule has 0 bridgehead atoms. The Labute approximate surface area is 131 Å². The summed E-state index contributed by atoms with van der Waals surface area (Å²) in [5.74, 6) is -0.926. The van der Waals surface area contributed by atoms with Gasteiger partial charge in [-0.3, -0.25) is 4.79 Å². The predicted octanol–water partition coefficient (Wildman–Crippen LogP) is 3.29. The number of carbonyl (C=O) groups is 1. The maximum atomic E-state index is 13.6. The number of anilines is 1. The number of hydrogen-bond donors (Lipinski definition) is 2. The first-order valence-electron chi connectivity index (χ1n) is 6.10. The Balaban J connectivity index is 2.06. The summed E-state index contributed by atoms with van der Waals surface area (Å²) < 4.78 is 13.6. The van der Waals surface area contributed by atoms with Crippen molar-refractivity contribution in [3.8, 4) is 0 Å². The van der Waals surface area contributed by atoms with Crippen LogP contribution >= 0.6 is 23.8 Å². The van der Waals surface area contributed by atoms with Crippen molar-refractivity contribution < 1.29 is 9.18 Å². The number of thiocarbonyl (C=S) groups is 1. The van der Waals surface area contributed by atoms with E-state index in [1.165, 1.54) is 18.2 Å². The molecule has 0 heterocycles. The van der Waals surface area contributed by atoms with Crippen molar-refractivity contribution in [1.29, 1.82) is 0 Å². The highest BCUT2D eigenvalue weighted by molar-refractivity contribution is 7.80. The second-order valence-corrected chi connectivity index (χ2v) is 5.23. The van der Waals surface area contributed by atoms with Crippen molar-refractivity contribution in [2.24, 2.45) is 5.73 Å². The van der Waals surface area contributed by atoms with Gasteiger partial charge in [0.15, 0.2) is 0 Å². The molecule has 1 amide bonds. The van der Waals surface area contributed by atoms with Crippen molar-refractivity contribution in [2.45, 2.75) is 6.42 Å². The maximum Gasteiger partial charge on any atom is 0.228 e. The minimum atomic E-state index is -0.570. The third-order valence-electron chi connectivity index (χ3n) is 2.83. The Hall–Kier alpha value is -1.98. The lowest BCUT2D eigenvalue weighted by Gasteiger charge is -2.08. The van der Waals surface area contributed by atoms with E-state index in [0.717, 1.165) is 11.1 Å². The van der Waals surface area contributed by atoms with E-state index in [0.29, 0.717) is 4.99 Å². The molecule has 0 aliphatic heterocycles. The number of para-hydroxylation sites is 1. The van der Waals surface area contributed by atoms with Gasteiger partial charge < -0.3 is 11.1 Å². The van der Waals surface area contributed by atoms with Gasteiger partial charge >= 0.3 is 0 Å². The molecule has 2 aromatic carbocycles. The van der Waals surface area contributed by atoms with Gasteiger partial charge in [0.05, 0.1) is 17.1 Å². The molecule has 0 fully saturated rings. The Morgan fingerprint density at radius 3 is 2.48 bits per heavy atom. The van der Waals surface area contributed by atoms with Gasteiger partial charge in [-0.15, -0.1) is 0 Å². The van der Waals surface area contributed by atoms with Crippen LogP contribution in [-0.2, 0) is 11.2 Å². The minimum absolute atomic E-state index is 0.0103. The number of halogens is 2. The Morgan fingerprint density at radius 2 is 1.90 bits per heavy atom. The number of rotatable bonds is 4. The van der Waals surface area contributed by atoms with Crippen LogP contribution in [0, 0.1) is 5.82 Å². The molecule has 0 atom stereocenters. The van der Waals surface area contributed by atoms with Crippen LogP contribution in [-0.4, -0.2) is 10.9 Å². The van der Waals surface area contributed by atoms with Gasteiger partial charge in [-0.25, -0.2) is 4.39 Å². The van der Waals surface area contributed by atoms with Crippen molar-refractivity contribution in [3.63, 3.8) is 0 Å². The molecule has 3 nitrogen and oxygen atoms in total. The summed E-state index contributed by atoms with van der Waals surface area (Å²) in [6.07, 6.45) is 0.0995. The number of nitrogens with two attached hydrogens (primary N) is 1. The van der Waals surface area contributed by atoms with E-state index in [-0.39, 0.29) is 23.0 Å². The standard InChI is InChI=1S/C15H12ClFN2OS/c16-11-2-1-3-12(17)14(11)19-13(20)8-9-4-6-10(7-5-9)15(18)21/h1-7H,8H2,(H2,18,21)(H,19,20). The summed E-state index contributed by atoms with van der Waals surface area (Å²) in [7, 11) is 0. The number of hydrogen-bond acceptors (Lipinski definition) is 2. The fourth-order valence-corrected chi connectivity index (χ4v) is 2.12. The lowest BCUT2D eigenvalue weighted by atomic mass is 10.1. The zero-order valence-corrected chi connectivity index (χ0v) is 12.5. The minimum Gasteiger partial charge on any atom is -0.389 e. The molecule has 2 aromatic rings. The van der Waals surface area contributed by atoms with E-state index in [9.17, 15) is 9.18 Å². The van der Waals surface area contributed by atoms with E-state index in [1.807, 2.05) is 0 Å². The van der Waals surface area contributed by atoms with Crippen molar-refractivity contribution in [2.75, 3.05) is 5.32 Å².